The molecule has 0 spiro atoms. The van der Waals surface area contributed by atoms with E-state index in [4.69, 9.17) is 5.73 Å². The maximum atomic E-state index is 12.8. The van der Waals surface area contributed by atoms with Crippen molar-refractivity contribution < 1.29 is 4.39 Å². The molecule has 0 saturated carbocycles. The van der Waals surface area contributed by atoms with E-state index >= 15 is 0 Å². The van der Waals surface area contributed by atoms with Crippen molar-refractivity contribution in [3.8, 4) is 0 Å². The van der Waals surface area contributed by atoms with E-state index in [-0.39, 0.29) is 11.9 Å². The molecule has 2 nitrogen and oxygen atoms in total. The second-order valence-corrected chi connectivity index (χ2v) is 5.20. The van der Waals surface area contributed by atoms with Gasteiger partial charge in [0.05, 0.1) is 0 Å². The molecule has 1 unspecified atom stereocenters. The number of aromatic nitrogens is 1. The number of hydrogen-bond donors (Lipinski definition) is 1. The molecular weight excluding hydrogens is 247 g/mol. The molecule has 0 aliphatic heterocycles. The monoisotopic (exact) mass is 262 g/mol. The highest BCUT2D eigenvalue weighted by Gasteiger charge is 2.09. The van der Waals surface area contributed by atoms with E-state index in [9.17, 15) is 4.39 Å². The number of thioether (sulfide) groups is 1. The maximum absolute atomic E-state index is 12.8. The highest BCUT2D eigenvalue weighted by Crippen LogP contribution is 2.24. The second-order valence-electron chi connectivity index (χ2n) is 4.10. The van der Waals surface area contributed by atoms with Crippen molar-refractivity contribution in [3.05, 3.63) is 59.7 Å². The lowest BCUT2D eigenvalue weighted by Crippen LogP contribution is -2.14. The molecule has 4 heteroatoms. The largest absolute Gasteiger partial charge is 0.323 e. The van der Waals surface area contributed by atoms with E-state index in [1.54, 1.807) is 30.1 Å². The summed E-state index contributed by atoms with van der Waals surface area (Å²) < 4.78 is 12.8. The molecule has 0 radical (unpaired) electrons. The van der Waals surface area contributed by atoms with Gasteiger partial charge in [0.25, 0.3) is 0 Å². The normalized spacial score (nSPS) is 12.4. The van der Waals surface area contributed by atoms with Crippen LogP contribution in [0, 0.1) is 12.7 Å². The van der Waals surface area contributed by atoms with Crippen molar-refractivity contribution in [2.24, 2.45) is 5.73 Å². The Labute approximate surface area is 110 Å². The smallest absolute Gasteiger partial charge is 0.123 e. The summed E-state index contributed by atoms with van der Waals surface area (Å²) in [5.41, 5.74) is 8.35. The molecule has 1 heterocycles. The van der Waals surface area contributed by atoms with Crippen LogP contribution < -0.4 is 5.73 Å². The molecule has 0 fully saturated rings. The molecule has 94 valence electrons. The zero-order valence-corrected chi connectivity index (χ0v) is 11.0. The highest BCUT2D eigenvalue weighted by atomic mass is 32.2. The van der Waals surface area contributed by atoms with Crippen LogP contribution in [-0.2, 0) is 0 Å². The van der Waals surface area contributed by atoms with Gasteiger partial charge in [-0.3, -0.25) is 4.98 Å². The minimum absolute atomic E-state index is 0.0613. The van der Waals surface area contributed by atoms with E-state index in [1.165, 1.54) is 12.1 Å². The van der Waals surface area contributed by atoms with Crippen LogP contribution in [0.3, 0.4) is 0 Å². The number of benzene rings is 1. The van der Waals surface area contributed by atoms with Crippen LogP contribution >= 0.6 is 11.8 Å². The number of pyridine rings is 1. The SMILES string of the molecule is Cc1ccncc1C(N)CSc1ccc(F)cc1. The van der Waals surface area contributed by atoms with Crippen LogP contribution in [0.5, 0.6) is 0 Å². The summed E-state index contributed by atoms with van der Waals surface area (Å²) in [4.78, 5) is 5.12. The third kappa shape index (κ3) is 3.31. The predicted molar refractivity (Wildman–Crippen MR) is 73.0 cm³/mol. The molecule has 0 aliphatic carbocycles. The lowest BCUT2D eigenvalue weighted by atomic mass is 10.1. The predicted octanol–water partition coefficient (Wildman–Crippen LogP) is 3.32. The van der Waals surface area contributed by atoms with Gasteiger partial charge in [-0.1, -0.05) is 0 Å². The van der Waals surface area contributed by atoms with Crippen LogP contribution in [0.4, 0.5) is 4.39 Å². The first kappa shape index (κ1) is 13.1. The van der Waals surface area contributed by atoms with Gasteiger partial charge in [-0.05, 0) is 48.4 Å². The number of nitrogens with zero attached hydrogens (tertiary/aromatic N) is 1. The fourth-order valence-corrected chi connectivity index (χ4v) is 2.55. The van der Waals surface area contributed by atoms with E-state index < -0.39 is 0 Å². The van der Waals surface area contributed by atoms with Gasteiger partial charge in [0.15, 0.2) is 0 Å². The van der Waals surface area contributed by atoms with E-state index in [0.29, 0.717) is 0 Å². The Balaban J connectivity index is 1.98. The zero-order valence-electron chi connectivity index (χ0n) is 10.1. The number of aryl methyl sites for hydroxylation is 1. The van der Waals surface area contributed by atoms with Gasteiger partial charge in [0.1, 0.15) is 5.82 Å². The molecule has 2 N–H and O–H groups in total. The quantitative estimate of drug-likeness (QED) is 0.859. The lowest BCUT2D eigenvalue weighted by molar-refractivity contribution is 0.626. The number of halogens is 1. The molecule has 2 rings (SSSR count). The van der Waals surface area contributed by atoms with Crippen molar-refractivity contribution in [2.75, 3.05) is 5.75 Å². The minimum Gasteiger partial charge on any atom is -0.323 e. The fourth-order valence-electron chi connectivity index (χ4n) is 1.67. The molecule has 1 aromatic carbocycles. The van der Waals surface area contributed by atoms with E-state index in [2.05, 4.69) is 4.98 Å². The first-order valence-corrected chi connectivity index (χ1v) is 6.70. The molecule has 0 bridgehead atoms. The van der Waals surface area contributed by atoms with Crippen LogP contribution in [0.1, 0.15) is 17.2 Å². The van der Waals surface area contributed by atoms with Gasteiger partial charge in [-0.2, -0.15) is 0 Å². The summed E-state index contributed by atoms with van der Waals surface area (Å²) in [7, 11) is 0. The Bertz CT molecular complexity index is 513. The third-order valence-electron chi connectivity index (χ3n) is 2.72. The Morgan fingerprint density at radius 2 is 2.00 bits per heavy atom. The van der Waals surface area contributed by atoms with Gasteiger partial charge in [-0.15, -0.1) is 11.8 Å². The van der Waals surface area contributed by atoms with Crippen LogP contribution in [-0.4, -0.2) is 10.7 Å². The summed E-state index contributed by atoms with van der Waals surface area (Å²) in [6.07, 6.45) is 3.57. The molecule has 0 saturated heterocycles. The Hall–Kier alpha value is -1.39. The Morgan fingerprint density at radius 3 is 2.67 bits per heavy atom. The molecule has 0 amide bonds. The number of hydrogen-bond acceptors (Lipinski definition) is 3. The van der Waals surface area contributed by atoms with Crippen LogP contribution in [0.15, 0.2) is 47.6 Å². The van der Waals surface area contributed by atoms with Gasteiger partial charge in [0.2, 0.25) is 0 Å². The van der Waals surface area contributed by atoms with Crippen molar-refractivity contribution in [2.45, 2.75) is 17.9 Å². The molecule has 18 heavy (non-hydrogen) atoms. The summed E-state index contributed by atoms with van der Waals surface area (Å²) in [5, 5.41) is 0. The van der Waals surface area contributed by atoms with Gasteiger partial charge < -0.3 is 5.73 Å². The average Bonchev–Trinajstić information content (AvgIpc) is 2.38. The van der Waals surface area contributed by atoms with Crippen molar-refractivity contribution in [3.63, 3.8) is 0 Å². The Morgan fingerprint density at radius 1 is 1.28 bits per heavy atom. The lowest BCUT2D eigenvalue weighted by Gasteiger charge is -2.13. The molecule has 1 atom stereocenters. The standard InChI is InChI=1S/C14H15FN2S/c1-10-6-7-17-8-13(10)14(16)9-18-12-4-2-11(15)3-5-12/h2-8,14H,9,16H2,1H3. The summed E-state index contributed by atoms with van der Waals surface area (Å²) in [6, 6.07) is 8.35. The topological polar surface area (TPSA) is 38.9 Å². The average molecular weight is 262 g/mol. The van der Waals surface area contributed by atoms with E-state index in [1.807, 2.05) is 19.2 Å². The van der Waals surface area contributed by atoms with Gasteiger partial charge >= 0.3 is 0 Å². The Kier molecular flexibility index (Phi) is 4.33. The first-order chi connectivity index (χ1) is 8.66. The van der Waals surface area contributed by atoms with Crippen molar-refractivity contribution >= 4 is 11.8 Å². The van der Waals surface area contributed by atoms with Gasteiger partial charge in [-0.25, -0.2) is 4.39 Å². The summed E-state index contributed by atoms with van der Waals surface area (Å²) >= 11 is 1.62. The maximum Gasteiger partial charge on any atom is 0.123 e. The van der Waals surface area contributed by atoms with Gasteiger partial charge in [0, 0.05) is 29.1 Å². The van der Waals surface area contributed by atoms with Crippen LogP contribution in [0.25, 0.3) is 0 Å². The van der Waals surface area contributed by atoms with E-state index in [0.717, 1.165) is 21.8 Å². The zero-order chi connectivity index (χ0) is 13.0. The first-order valence-electron chi connectivity index (χ1n) is 5.71. The highest BCUT2D eigenvalue weighted by molar-refractivity contribution is 7.99. The van der Waals surface area contributed by atoms with Crippen molar-refractivity contribution in [1.82, 2.24) is 4.98 Å². The third-order valence-corrected chi connectivity index (χ3v) is 3.85. The number of nitrogens with two attached hydrogens (primary N) is 1. The van der Waals surface area contributed by atoms with Crippen molar-refractivity contribution in [1.29, 1.82) is 0 Å². The minimum atomic E-state index is -0.216. The molecule has 0 aliphatic rings. The number of rotatable bonds is 4. The summed E-state index contributed by atoms with van der Waals surface area (Å²) in [5.74, 6) is 0.532. The fraction of sp³-hybridized carbons (Fsp3) is 0.214. The molecule has 1 aromatic heterocycles. The molecule has 2 aromatic rings. The second kappa shape index (κ2) is 5.98. The molecular formula is C14H15FN2S. The van der Waals surface area contributed by atoms with Crippen LogP contribution in [0.2, 0.25) is 0 Å². The summed E-state index contributed by atoms with van der Waals surface area (Å²) in [6.45, 7) is 2.03.